The van der Waals surface area contributed by atoms with Crippen molar-refractivity contribution in [3.05, 3.63) is 0 Å². The van der Waals surface area contributed by atoms with E-state index >= 15 is 0 Å². The third kappa shape index (κ3) is 7.05. The van der Waals surface area contributed by atoms with Crippen LogP contribution < -0.4 is 5.32 Å². The van der Waals surface area contributed by atoms with E-state index < -0.39 is 6.10 Å². The zero-order valence-electron chi connectivity index (χ0n) is 14.5. The fraction of sp³-hybridized carbons (Fsp3) is 1.00. The molecule has 1 fully saturated rings. The van der Waals surface area contributed by atoms with Crippen molar-refractivity contribution in [1.82, 2.24) is 5.32 Å². The van der Waals surface area contributed by atoms with E-state index in [0.29, 0.717) is 30.0 Å². The largest absolute Gasteiger partial charge is 0.389 e. The Morgan fingerprint density at radius 2 is 1.65 bits per heavy atom. The number of ether oxygens (including phenoxy) is 1. The highest BCUT2D eigenvalue weighted by molar-refractivity contribution is 4.92. The number of aliphatic hydroxyl groups excluding tert-OH is 1. The summed E-state index contributed by atoms with van der Waals surface area (Å²) in [5, 5.41) is 13.6. The van der Waals surface area contributed by atoms with Crippen LogP contribution in [0.5, 0.6) is 0 Å². The van der Waals surface area contributed by atoms with Crippen molar-refractivity contribution in [2.45, 2.75) is 85.5 Å². The van der Waals surface area contributed by atoms with Crippen LogP contribution in [0.1, 0.15) is 67.7 Å². The van der Waals surface area contributed by atoms with Gasteiger partial charge < -0.3 is 15.2 Å². The molecule has 1 rings (SSSR count). The molecule has 0 spiro atoms. The summed E-state index contributed by atoms with van der Waals surface area (Å²) in [7, 11) is 0. The highest BCUT2D eigenvalue weighted by Gasteiger charge is 2.38. The quantitative estimate of drug-likeness (QED) is 0.814. The first-order valence-corrected chi connectivity index (χ1v) is 7.94. The van der Waals surface area contributed by atoms with Crippen LogP contribution >= 0.6 is 0 Å². The molecule has 0 aliphatic heterocycles. The smallest absolute Gasteiger partial charge is 0.0898 e. The van der Waals surface area contributed by atoms with Gasteiger partial charge in [-0.15, -0.1) is 0 Å². The number of hydrogen-bond acceptors (Lipinski definition) is 3. The summed E-state index contributed by atoms with van der Waals surface area (Å²) in [6.07, 6.45) is 3.21. The van der Waals surface area contributed by atoms with Crippen LogP contribution in [-0.4, -0.2) is 36.0 Å². The van der Waals surface area contributed by atoms with Crippen LogP contribution in [0.15, 0.2) is 0 Å². The predicted octanol–water partition coefficient (Wildman–Crippen LogP) is 3.36. The lowest BCUT2D eigenvalue weighted by Gasteiger charge is -2.45. The van der Waals surface area contributed by atoms with Crippen molar-refractivity contribution < 1.29 is 9.84 Å². The van der Waals surface area contributed by atoms with Crippen molar-refractivity contribution in [3.8, 4) is 0 Å². The third-order valence-electron chi connectivity index (χ3n) is 3.91. The maximum atomic E-state index is 10.0. The maximum Gasteiger partial charge on any atom is 0.0898 e. The van der Waals surface area contributed by atoms with Crippen molar-refractivity contribution in [2.75, 3.05) is 13.2 Å². The molecule has 3 nitrogen and oxygen atoms in total. The van der Waals surface area contributed by atoms with E-state index in [-0.39, 0.29) is 5.60 Å². The number of hydrogen-bond donors (Lipinski definition) is 2. The van der Waals surface area contributed by atoms with Crippen LogP contribution in [0.2, 0.25) is 0 Å². The van der Waals surface area contributed by atoms with Gasteiger partial charge in [0.25, 0.3) is 0 Å². The molecule has 2 N–H and O–H groups in total. The lowest BCUT2D eigenvalue weighted by Crippen LogP contribution is -2.46. The van der Waals surface area contributed by atoms with Crippen LogP contribution in [0.4, 0.5) is 0 Å². The summed E-state index contributed by atoms with van der Waals surface area (Å²) in [5.74, 6) is 0. The van der Waals surface area contributed by atoms with E-state index in [1.165, 1.54) is 19.3 Å². The van der Waals surface area contributed by atoms with Gasteiger partial charge in [-0.1, -0.05) is 27.7 Å². The summed E-state index contributed by atoms with van der Waals surface area (Å²) >= 11 is 0. The molecule has 1 saturated carbocycles. The summed E-state index contributed by atoms with van der Waals surface area (Å²) in [4.78, 5) is 0. The predicted molar refractivity (Wildman–Crippen MR) is 84.9 cm³/mol. The molecule has 120 valence electrons. The van der Waals surface area contributed by atoms with Crippen molar-refractivity contribution in [2.24, 2.45) is 10.8 Å². The first-order chi connectivity index (χ1) is 8.89. The number of aliphatic hydroxyl groups is 1. The Hall–Kier alpha value is -0.120. The van der Waals surface area contributed by atoms with Gasteiger partial charge in [0.1, 0.15) is 0 Å². The molecule has 1 aliphatic carbocycles. The Bertz CT molecular complexity index is 289. The molecule has 0 aromatic carbocycles. The summed E-state index contributed by atoms with van der Waals surface area (Å²) in [6, 6.07) is 0.498. The molecule has 3 heteroatoms. The van der Waals surface area contributed by atoms with E-state index in [1.807, 2.05) is 20.8 Å². The van der Waals surface area contributed by atoms with Crippen molar-refractivity contribution >= 4 is 0 Å². The monoisotopic (exact) mass is 285 g/mol. The average Bonchev–Trinajstić information content (AvgIpc) is 2.18. The van der Waals surface area contributed by atoms with Gasteiger partial charge in [-0.05, 0) is 50.9 Å². The van der Waals surface area contributed by atoms with Gasteiger partial charge in [-0.25, -0.2) is 0 Å². The van der Waals surface area contributed by atoms with E-state index in [4.69, 9.17) is 4.74 Å². The van der Waals surface area contributed by atoms with Gasteiger partial charge in [0.15, 0.2) is 0 Å². The second kappa shape index (κ2) is 6.33. The molecule has 0 heterocycles. The molecule has 0 amide bonds. The van der Waals surface area contributed by atoms with Gasteiger partial charge in [-0.3, -0.25) is 0 Å². The molecule has 0 aromatic rings. The van der Waals surface area contributed by atoms with Gasteiger partial charge in [0.2, 0.25) is 0 Å². The Morgan fingerprint density at radius 3 is 2.10 bits per heavy atom. The lowest BCUT2D eigenvalue weighted by atomic mass is 9.63. The maximum absolute atomic E-state index is 10.0. The number of nitrogens with one attached hydrogen (secondary N) is 1. The van der Waals surface area contributed by atoms with Gasteiger partial charge in [-0.2, -0.15) is 0 Å². The third-order valence-corrected chi connectivity index (χ3v) is 3.91. The molecule has 0 bridgehead atoms. The van der Waals surface area contributed by atoms with Crippen LogP contribution in [0, 0.1) is 10.8 Å². The SMILES string of the molecule is CC1(C)CC(NCC(O)COC(C)(C)C)CC(C)(C)C1. The topological polar surface area (TPSA) is 41.5 Å². The van der Waals surface area contributed by atoms with Gasteiger partial charge >= 0.3 is 0 Å². The zero-order chi connectivity index (χ0) is 15.6. The molecule has 0 aromatic heterocycles. The molecule has 0 saturated heterocycles. The average molecular weight is 285 g/mol. The number of rotatable bonds is 5. The summed E-state index contributed by atoms with van der Waals surface area (Å²) in [5.41, 5.74) is 0.578. The normalized spacial score (nSPS) is 24.6. The highest BCUT2D eigenvalue weighted by atomic mass is 16.5. The Labute approximate surface area is 125 Å². The van der Waals surface area contributed by atoms with Crippen LogP contribution in [0.3, 0.4) is 0 Å². The zero-order valence-corrected chi connectivity index (χ0v) is 14.5. The molecular formula is C17H35NO2. The molecule has 1 atom stereocenters. The van der Waals surface area contributed by atoms with Gasteiger partial charge in [0.05, 0.1) is 18.3 Å². The minimum atomic E-state index is -0.428. The molecule has 1 aliphatic rings. The van der Waals surface area contributed by atoms with Crippen LogP contribution in [-0.2, 0) is 4.74 Å². The molecule has 1 unspecified atom stereocenters. The second-order valence-electron chi connectivity index (χ2n) is 9.10. The van der Waals surface area contributed by atoms with Gasteiger partial charge in [0, 0.05) is 12.6 Å². The minimum Gasteiger partial charge on any atom is -0.389 e. The van der Waals surface area contributed by atoms with E-state index in [2.05, 4.69) is 33.0 Å². The lowest BCUT2D eigenvalue weighted by molar-refractivity contribution is -0.0494. The minimum absolute atomic E-state index is 0.185. The summed E-state index contributed by atoms with van der Waals surface area (Å²) in [6.45, 7) is 16.5. The Balaban J connectivity index is 2.37. The molecular weight excluding hydrogens is 250 g/mol. The van der Waals surface area contributed by atoms with Crippen LogP contribution in [0.25, 0.3) is 0 Å². The van der Waals surface area contributed by atoms with Crippen molar-refractivity contribution in [3.63, 3.8) is 0 Å². The Morgan fingerprint density at radius 1 is 1.15 bits per heavy atom. The molecule has 0 radical (unpaired) electrons. The molecule has 20 heavy (non-hydrogen) atoms. The summed E-state index contributed by atoms with van der Waals surface area (Å²) < 4.78 is 5.62. The fourth-order valence-electron chi connectivity index (χ4n) is 3.70. The highest BCUT2D eigenvalue weighted by Crippen LogP contribution is 2.45. The standard InChI is InChI=1S/C17H35NO2/c1-15(2,3)20-11-14(19)10-18-13-8-16(4,5)12-17(6,7)9-13/h13-14,18-19H,8-12H2,1-7H3. The van der Waals surface area contributed by atoms with E-state index in [1.54, 1.807) is 0 Å². The Kier molecular flexibility index (Phi) is 5.67. The van der Waals surface area contributed by atoms with Crippen molar-refractivity contribution in [1.29, 1.82) is 0 Å². The second-order valence-corrected chi connectivity index (χ2v) is 9.10. The van der Waals surface area contributed by atoms with E-state index in [0.717, 1.165) is 0 Å². The van der Waals surface area contributed by atoms with E-state index in [9.17, 15) is 5.11 Å². The first-order valence-electron chi connectivity index (χ1n) is 7.94. The fourth-order valence-corrected chi connectivity index (χ4v) is 3.70. The first kappa shape index (κ1) is 17.9.